The van der Waals surface area contributed by atoms with E-state index in [1.54, 1.807) is 6.20 Å². The highest BCUT2D eigenvalue weighted by Crippen LogP contribution is 2.28. The summed E-state index contributed by atoms with van der Waals surface area (Å²) in [4.78, 5) is 4.18. The van der Waals surface area contributed by atoms with Gasteiger partial charge in [0.15, 0.2) is 0 Å². The fraction of sp³-hybridized carbons (Fsp3) is 0.267. The summed E-state index contributed by atoms with van der Waals surface area (Å²) < 4.78 is 5.77. The molecule has 1 aliphatic rings. The van der Waals surface area contributed by atoms with Crippen LogP contribution < -0.4 is 10.5 Å². The molecule has 1 aromatic heterocycles. The molecule has 0 unspecified atom stereocenters. The van der Waals surface area contributed by atoms with Gasteiger partial charge in [-0.2, -0.15) is 0 Å². The van der Waals surface area contributed by atoms with Gasteiger partial charge < -0.3 is 10.5 Å². The molecule has 3 nitrogen and oxygen atoms in total. The summed E-state index contributed by atoms with van der Waals surface area (Å²) in [7, 11) is 0. The van der Waals surface area contributed by atoms with Crippen molar-refractivity contribution in [2.24, 2.45) is 0 Å². The smallest absolute Gasteiger partial charge is 0.219 e. The Kier molecular flexibility index (Phi) is 2.67. The third-order valence-corrected chi connectivity index (χ3v) is 3.42. The molecule has 2 N–H and O–H groups in total. The lowest BCUT2D eigenvalue weighted by Crippen LogP contribution is -1.94. The molecule has 0 radical (unpaired) electrons. The molecule has 1 aliphatic carbocycles. The van der Waals surface area contributed by atoms with Gasteiger partial charge in [0.25, 0.3) is 0 Å². The largest absolute Gasteiger partial charge is 0.439 e. The monoisotopic (exact) mass is 240 g/mol. The van der Waals surface area contributed by atoms with Crippen LogP contribution in [0.5, 0.6) is 11.6 Å². The fourth-order valence-corrected chi connectivity index (χ4v) is 2.33. The first-order valence-electron chi connectivity index (χ1n) is 6.24. The predicted molar refractivity (Wildman–Crippen MR) is 71.9 cm³/mol. The Morgan fingerprint density at radius 1 is 1.17 bits per heavy atom. The van der Waals surface area contributed by atoms with E-state index < -0.39 is 0 Å². The van der Waals surface area contributed by atoms with Crippen LogP contribution in [0.2, 0.25) is 0 Å². The lowest BCUT2D eigenvalue weighted by Gasteiger charge is -2.08. The topological polar surface area (TPSA) is 48.1 Å². The summed E-state index contributed by atoms with van der Waals surface area (Å²) in [5.41, 5.74) is 10.3. The minimum Gasteiger partial charge on any atom is -0.439 e. The number of pyridine rings is 1. The zero-order valence-electron chi connectivity index (χ0n) is 10.4. The van der Waals surface area contributed by atoms with Crippen molar-refractivity contribution >= 4 is 5.69 Å². The highest BCUT2D eigenvalue weighted by Gasteiger charge is 2.11. The van der Waals surface area contributed by atoms with Crippen LogP contribution in [0.15, 0.2) is 30.5 Å². The number of aromatic nitrogens is 1. The van der Waals surface area contributed by atoms with Crippen molar-refractivity contribution in [1.29, 1.82) is 0 Å². The van der Waals surface area contributed by atoms with E-state index in [0.29, 0.717) is 11.6 Å². The SMILES string of the molecule is Cc1cc(Oc2ccc3c(c2)CCC3)ncc1N. The number of aryl methyl sites for hydroxylation is 3. The zero-order chi connectivity index (χ0) is 12.5. The molecular weight excluding hydrogens is 224 g/mol. The van der Waals surface area contributed by atoms with Crippen LogP contribution in [-0.4, -0.2) is 4.98 Å². The van der Waals surface area contributed by atoms with Gasteiger partial charge in [-0.05, 0) is 55.0 Å². The molecular formula is C15H16N2O. The number of hydrogen-bond acceptors (Lipinski definition) is 3. The van der Waals surface area contributed by atoms with E-state index in [1.165, 1.54) is 24.0 Å². The number of rotatable bonds is 2. The van der Waals surface area contributed by atoms with Crippen molar-refractivity contribution in [3.63, 3.8) is 0 Å². The van der Waals surface area contributed by atoms with Gasteiger partial charge in [0.05, 0.1) is 11.9 Å². The molecule has 0 saturated heterocycles. The second-order valence-electron chi connectivity index (χ2n) is 4.77. The van der Waals surface area contributed by atoms with Crippen molar-refractivity contribution in [1.82, 2.24) is 4.98 Å². The van der Waals surface area contributed by atoms with E-state index in [9.17, 15) is 0 Å². The molecule has 0 spiro atoms. The molecule has 2 aromatic rings. The number of nitrogen functional groups attached to an aromatic ring is 1. The average molecular weight is 240 g/mol. The Labute approximate surface area is 107 Å². The number of anilines is 1. The summed E-state index contributed by atoms with van der Waals surface area (Å²) in [6, 6.07) is 8.15. The maximum atomic E-state index is 5.77. The molecule has 0 amide bonds. The van der Waals surface area contributed by atoms with E-state index >= 15 is 0 Å². The summed E-state index contributed by atoms with van der Waals surface area (Å²) in [5.74, 6) is 1.45. The lowest BCUT2D eigenvalue weighted by atomic mass is 10.1. The number of nitrogens with two attached hydrogens (primary N) is 1. The van der Waals surface area contributed by atoms with Crippen LogP contribution in [0, 0.1) is 6.92 Å². The molecule has 3 rings (SSSR count). The molecule has 3 heteroatoms. The average Bonchev–Trinajstić information content (AvgIpc) is 2.81. The second-order valence-corrected chi connectivity index (χ2v) is 4.77. The van der Waals surface area contributed by atoms with E-state index in [-0.39, 0.29) is 0 Å². The number of fused-ring (bicyclic) bond motifs is 1. The lowest BCUT2D eigenvalue weighted by molar-refractivity contribution is 0.462. The first-order chi connectivity index (χ1) is 8.72. The second kappa shape index (κ2) is 4.33. The Morgan fingerprint density at radius 3 is 2.83 bits per heavy atom. The van der Waals surface area contributed by atoms with E-state index in [4.69, 9.17) is 10.5 Å². The summed E-state index contributed by atoms with van der Waals surface area (Å²) in [6.07, 6.45) is 5.23. The highest BCUT2D eigenvalue weighted by molar-refractivity contribution is 5.46. The summed E-state index contributed by atoms with van der Waals surface area (Å²) in [5, 5.41) is 0. The molecule has 0 fully saturated rings. The van der Waals surface area contributed by atoms with Gasteiger partial charge in [-0.15, -0.1) is 0 Å². The van der Waals surface area contributed by atoms with E-state index in [2.05, 4.69) is 17.1 Å². The zero-order valence-corrected chi connectivity index (χ0v) is 10.4. The van der Waals surface area contributed by atoms with Crippen molar-refractivity contribution < 1.29 is 4.74 Å². The van der Waals surface area contributed by atoms with Crippen molar-refractivity contribution in [3.05, 3.63) is 47.2 Å². The normalized spacial score (nSPS) is 13.4. The van der Waals surface area contributed by atoms with Gasteiger partial charge in [0.2, 0.25) is 5.88 Å². The van der Waals surface area contributed by atoms with Gasteiger partial charge >= 0.3 is 0 Å². The van der Waals surface area contributed by atoms with Gasteiger partial charge in [-0.1, -0.05) is 6.07 Å². The third-order valence-electron chi connectivity index (χ3n) is 3.42. The van der Waals surface area contributed by atoms with Gasteiger partial charge in [0.1, 0.15) is 5.75 Å². The maximum Gasteiger partial charge on any atom is 0.219 e. The van der Waals surface area contributed by atoms with Crippen LogP contribution in [0.4, 0.5) is 5.69 Å². The standard InChI is InChI=1S/C15H16N2O/c1-10-7-15(17-9-14(10)16)18-13-6-5-11-3-2-4-12(11)8-13/h5-9H,2-4,16H2,1H3. The minimum atomic E-state index is 0.597. The minimum absolute atomic E-state index is 0.597. The Hall–Kier alpha value is -2.03. The first kappa shape index (κ1) is 11.1. The fourth-order valence-electron chi connectivity index (χ4n) is 2.33. The number of hydrogen-bond donors (Lipinski definition) is 1. The van der Waals surface area contributed by atoms with Crippen LogP contribution in [0.1, 0.15) is 23.1 Å². The third kappa shape index (κ3) is 2.04. The Balaban J connectivity index is 1.85. The van der Waals surface area contributed by atoms with Gasteiger partial charge in [0, 0.05) is 6.07 Å². The van der Waals surface area contributed by atoms with Crippen molar-refractivity contribution in [3.8, 4) is 11.6 Å². The molecule has 0 atom stereocenters. The van der Waals surface area contributed by atoms with E-state index in [0.717, 1.165) is 17.7 Å². The predicted octanol–water partition coefficient (Wildman–Crippen LogP) is 3.25. The van der Waals surface area contributed by atoms with Crippen LogP contribution in [0.3, 0.4) is 0 Å². The molecule has 0 saturated carbocycles. The van der Waals surface area contributed by atoms with E-state index in [1.807, 2.05) is 19.1 Å². The number of nitrogens with zero attached hydrogens (tertiary/aromatic N) is 1. The van der Waals surface area contributed by atoms with Crippen LogP contribution >= 0.6 is 0 Å². The Morgan fingerprint density at radius 2 is 2.00 bits per heavy atom. The molecule has 1 aromatic carbocycles. The summed E-state index contributed by atoms with van der Waals surface area (Å²) >= 11 is 0. The Bertz CT molecular complexity index is 593. The molecule has 0 bridgehead atoms. The highest BCUT2D eigenvalue weighted by atomic mass is 16.5. The number of benzene rings is 1. The molecule has 0 aliphatic heterocycles. The number of ether oxygens (including phenoxy) is 1. The maximum absolute atomic E-state index is 5.77. The molecule has 92 valence electrons. The van der Waals surface area contributed by atoms with Gasteiger partial charge in [-0.3, -0.25) is 0 Å². The van der Waals surface area contributed by atoms with Crippen molar-refractivity contribution in [2.75, 3.05) is 5.73 Å². The molecule has 18 heavy (non-hydrogen) atoms. The first-order valence-corrected chi connectivity index (χ1v) is 6.24. The van der Waals surface area contributed by atoms with Crippen LogP contribution in [0.25, 0.3) is 0 Å². The van der Waals surface area contributed by atoms with Crippen LogP contribution in [-0.2, 0) is 12.8 Å². The van der Waals surface area contributed by atoms with Crippen molar-refractivity contribution in [2.45, 2.75) is 26.2 Å². The quantitative estimate of drug-likeness (QED) is 0.876. The summed E-state index contributed by atoms with van der Waals surface area (Å²) in [6.45, 7) is 1.95. The molecule has 1 heterocycles. The van der Waals surface area contributed by atoms with Gasteiger partial charge in [-0.25, -0.2) is 4.98 Å².